The number of morpholine rings is 1. The minimum atomic E-state index is -2.26. The zero-order chi connectivity index (χ0) is 53.1. The second kappa shape index (κ2) is 21.6. The molecule has 8 atom stereocenters. The van der Waals surface area contributed by atoms with Gasteiger partial charge < -0.3 is 35.1 Å². The lowest BCUT2D eigenvalue weighted by molar-refractivity contribution is -0.178. The molecule has 76 heavy (non-hydrogen) atoms. The summed E-state index contributed by atoms with van der Waals surface area (Å²) in [6.07, 6.45) is -2.24. The molecule has 2 saturated heterocycles. The average Bonchev–Trinajstić information content (AvgIpc) is 4.28. The number of aliphatic hydroxyl groups excluding tert-OH is 2. The smallest absolute Gasteiger partial charge is 0.329 e. The first kappa shape index (κ1) is 50.8. The van der Waals surface area contributed by atoms with E-state index in [1.165, 1.54) is 7.11 Å². The first-order valence-corrected chi connectivity index (χ1v) is 25.0. The van der Waals surface area contributed by atoms with E-state index in [4.69, 9.17) is 14.2 Å². The van der Waals surface area contributed by atoms with E-state index in [2.05, 4.69) is 32.8 Å². The number of benzene rings is 6. The highest BCUT2D eigenvalue weighted by atomic mass is 16.6. The molecule has 386 valence electrons. The monoisotopic (exact) mass is 1020 g/mol. The van der Waals surface area contributed by atoms with Crippen LogP contribution in [0.2, 0.25) is 0 Å². The van der Waals surface area contributed by atoms with E-state index in [9.17, 15) is 15.0 Å². The van der Waals surface area contributed by atoms with E-state index in [-0.39, 0.29) is 43.3 Å². The van der Waals surface area contributed by atoms with Crippen molar-refractivity contribution in [2.24, 2.45) is 11.8 Å². The molecule has 0 aliphatic carbocycles. The molecule has 1 aromatic heterocycles. The van der Waals surface area contributed by atoms with Gasteiger partial charge in [0.05, 0.1) is 49.0 Å². The molecule has 7 aromatic rings. The maximum Gasteiger partial charge on any atom is 0.329 e. The molecule has 17 heteroatoms. The number of rotatable bonds is 14. The van der Waals surface area contributed by atoms with Crippen molar-refractivity contribution in [2.45, 2.75) is 62.2 Å². The molecule has 1 spiro atoms. The van der Waals surface area contributed by atoms with Crippen LogP contribution in [0.15, 0.2) is 158 Å². The lowest BCUT2D eigenvalue weighted by Crippen LogP contribution is -2.58. The van der Waals surface area contributed by atoms with Gasteiger partial charge in [0.15, 0.2) is 0 Å². The minimum absolute atomic E-state index is 0.0488. The summed E-state index contributed by atoms with van der Waals surface area (Å²) in [5, 5.41) is 36.0. The molecule has 17 nitrogen and oxygen atoms in total. The number of hydrogen-bond donors (Lipinski definition) is 4. The summed E-state index contributed by atoms with van der Waals surface area (Å²) in [7, 11) is 1.20. The van der Waals surface area contributed by atoms with Crippen LogP contribution in [0.1, 0.15) is 71.5 Å². The second-order valence-corrected chi connectivity index (χ2v) is 19.2. The number of imide groups is 1. The Morgan fingerprint density at radius 3 is 2.21 bits per heavy atom. The number of methoxy groups -OCH3 is 1. The molecule has 0 radical (unpaired) electrons. The summed E-state index contributed by atoms with van der Waals surface area (Å²) in [5.41, 5.74) is 1.90. The number of fused-ring (bicyclic) bond motifs is 4. The lowest BCUT2D eigenvalue weighted by atomic mass is 9.65. The highest BCUT2D eigenvalue weighted by molar-refractivity contribution is 6.25. The van der Waals surface area contributed by atoms with Crippen molar-refractivity contribution in [1.29, 1.82) is 0 Å². The second-order valence-electron chi connectivity index (χ2n) is 19.2. The molecule has 4 amide bonds. The van der Waals surface area contributed by atoms with Crippen LogP contribution in [0.3, 0.4) is 0 Å². The molecule has 10 rings (SSSR count). The predicted molar refractivity (Wildman–Crippen MR) is 279 cm³/mol. The molecule has 4 heterocycles. The summed E-state index contributed by atoms with van der Waals surface area (Å²) in [4.78, 5) is 79.8. The molecule has 6 aromatic carbocycles. The van der Waals surface area contributed by atoms with Gasteiger partial charge in [0.25, 0.3) is 0 Å². The van der Waals surface area contributed by atoms with E-state index < -0.39 is 83.4 Å². The summed E-state index contributed by atoms with van der Waals surface area (Å²) in [6, 6.07) is 40.3. The summed E-state index contributed by atoms with van der Waals surface area (Å²) < 4.78 is 19.7. The average molecular weight is 1020 g/mol. The maximum absolute atomic E-state index is 16.9. The van der Waals surface area contributed by atoms with Gasteiger partial charge in [-0.05, 0) is 64.6 Å². The van der Waals surface area contributed by atoms with Crippen molar-refractivity contribution < 1.29 is 48.4 Å². The molecular formula is C59H55N7O10. The van der Waals surface area contributed by atoms with Crippen LogP contribution < -0.4 is 20.3 Å². The van der Waals surface area contributed by atoms with Gasteiger partial charge >= 0.3 is 18.0 Å². The largest absolute Gasteiger partial charge is 0.491 e. The van der Waals surface area contributed by atoms with Crippen LogP contribution in [-0.2, 0) is 40.6 Å². The number of carbonyl (C=O) groups excluding carboxylic acids is 5. The normalized spacial score (nSPS) is 21.5. The summed E-state index contributed by atoms with van der Waals surface area (Å²) in [6.45, 7) is 2.67. The Labute approximate surface area is 438 Å². The van der Waals surface area contributed by atoms with Crippen LogP contribution in [0.4, 0.5) is 10.5 Å². The minimum Gasteiger partial charge on any atom is -0.491 e. The van der Waals surface area contributed by atoms with Gasteiger partial charge in [0.1, 0.15) is 48.0 Å². The molecule has 2 fully saturated rings. The van der Waals surface area contributed by atoms with Crippen molar-refractivity contribution in [1.82, 2.24) is 30.5 Å². The number of amides is 4. The number of hydrogen-bond acceptors (Lipinski definition) is 13. The molecule has 3 aliphatic heterocycles. The number of urea groups is 1. The van der Waals surface area contributed by atoms with Gasteiger partial charge in [-0.3, -0.25) is 19.3 Å². The number of para-hydroxylation sites is 2. The van der Waals surface area contributed by atoms with Crippen molar-refractivity contribution in [3.8, 4) is 17.6 Å². The molecule has 0 bridgehead atoms. The molecule has 0 saturated carbocycles. The molecular weight excluding hydrogens is 967 g/mol. The summed E-state index contributed by atoms with van der Waals surface area (Å²) in [5.74, 6) is 1.09. The summed E-state index contributed by atoms with van der Waals surface area (Å²) >= 11 is 0. The van der Waals surface area contributed by atoms with Crippen LogP contribution >= 0.6 is 0 Å². The van der Waals surface area contributed by atoms with Crippen molar-refractivity contribution in [3.05, 3.63) is 191 Å². The highest BCUT2D eigenvalue weighted by Crippen LogP contribution is 2.66. The topological polar surface area (TPSA) is 215 Å². The Balaban J connectivity index is 1.25. The number of nitrogens with zero attached hydrogens (tertiary/aromatic N) is 5. The number of aliphatic hydroxyl groups is 2. The fourth-order valence-electron chi connectivity index (χ4n) is 11.1. The third kappa shape index (κ3) is 9.10. The highest BCUT2D eigenvalue weighted by Gasteiger charge is 2.76. The van der Waals surface area contributed by atoms with E-state index in [0.29, 0.717) is 33.3 Å². The lowest BCUT2D eigenvalue weighted by Gasteiger charge is -2.46. The quantitative estimate of drug-likeness (QED) is 0.0699. The van der Waals surface area contributed by atoms with Gasteiger partial charge in [-0.25, -0.2) is 19.2 Å². The van der Waals surface area contributed by atoms with Gasteiger partial charge in [-0.2, -0.15) is 0 Å². The van der Waals surface area contributed by atoms with Gasteiger partial charge in [0, 0.05) is 17.7 Å². The van der Waals surface area contributed by atoms with E-state index in [1.807, 2.05) is 89.8 Å². The Kier molecular flexibility index (Phi) is 14.5. The number of anilines is 1. The maximum atomic E-state index is 16.9. The number of cyclic esters (lactones) is 1. The number of esters is 2. The Morgan fingerprint density at radius 1 is 0.829 bits per heavy atom. The van der Waals surface area contributed by atoms with Gasteiger partial charge in [-0.1, -0.05) is 152 Å². The van der Waals surface area contributed by atoms with Gasteiger partial charge in [0.2, 0.25) is 11.8 Å². The third-order valence-electron chi connectivity index (χ3n) is 14.4. The van der Waals surface area contributed by atoms with Crippen LogP contribution in [-0.4, -0.2) is 98.8 Å². The first-order chi connectivity index (χ1) is 37.0. The van der Waals surface area contributed by atoms with Crippen LogP contribution in [0.25, 0.3) is 11.0 Å². The van der Waals surface area contributed by atoms with Gasteiger partial charge in [-0.15, -0.1) is 5.10 Å². The van der Waals surface area contributed by atoms with E-state index >= 15 is 19.2 Å². The molecule has 3 aliphatic rings. The SMILES string of the molecule is COC(=O)C(NC(=O)N1C(=O)C2(c3cc(C#CCn4nnc5ccccc54)ccc31)C(C(=O)NCC(O)c1ccccc1)C1C(=O)OC(c3ccccc3)C(c3ccccc3)N1C2c1ccccc1OCCO)C(C)C. The molecule has 4 N–H and O–H groups in total. The van der Waals surface area contributed by atoms with E-state index in [1.54, 1.807) is 91.3 Å². The third-order valence-corrected chi connectivity index (χ3v) is 14.4. The fraction of sp³-hybridized carbons (Fsp3) is 0.271. The van der Waals surface area contributed by atoms with Crippen molar-refractivity contribution in [3.63, 3.8) is 0 Å². The zero-order valence-electron chi connectivity index (χ0n) is 41.9. The van der Waals surface area contributed by atoms with Crippen LogP contribution in [0, 0.1) is 23.7 Å². The van der Waals surface area contributed by atoms with Crippen molar-refractivity contribution in [2.75, 3.05) is 31.8 Å². The first-order valence-electron chi connectivity index (χ1n) is 25.0. The number of aromatic nitrogens is 3. The Bertz CT molecular complexity index is 3360. The van der Waals surface area contributed by atoms with E-state index in [0.717, 1.165) is 10.4 Å². The molecule has 8 unspecified atom stereocenters. The number of carbonyl (C=O) groups is 5. The predicted octanol–water partition coefficient (Wildman–Crippen LogP) is 6.28. The Morgan fingerprint density at radius 2 is 1.50 bits per heavy atom. The van der Waals surface area contributed by atoms with Crippen molar-refractivity contribution >= 4 is 46.5 Å². The number of ether oxygens (including phenoxy) is 3. The standard InChI is InChI=1S/C59H55N7O10/c1-36(2)49(55(70)74-3)61-58(73)65-44-30-29-37(18-17-31-64-45-27-15-14-26-43(45)62-63-64)34-42(44)59(57(65)72)48(54(69)60-35-46(68)38-19-7-4-8-20-38)51-56(71)76-52(40-23-11-6-12-24-40)50(39-21-9-5-10-22-39)66(51)53(59)41-25-13-16-28-47(41)75-33-32-67/h4-16,19-30,34,36,46,48-53,67-68H,31-33,35H2,1-3H3,(H,60,69)(H,61,73). The zero-order valence-corrected chi connectivity index (χ0v) is 41.9. The van der Waals surface area contributed by atoms with Crippen LogP contribution in [0.5, 0.6) is 5.75 Å². The fourth-order valence-corrected chi connectivity index (χ4v) is 11.1. The number of nitrogens with one attached hydrogen (secondary N) is 2. The Hall–Kier alpha value is -8.69.